The summed E-state index contributed by atoms with van der Waals surface area (Å²) in [5.74, 6) is 0.608. The van der Waals surface area contributed by atoms with Crippen LogP contribution in [0.5, 0.6) is 5.75 Å². The lowest BCUT2D eigenvalue weighted by atomic mass is 10.0. The summed E-state index contributed by atoms with van der Waals surface area (Å²) in [4.78, 5) is 0.298. The Morgan fingerprint density at radius 2 is 1.88 bits per heavy atom. The molecule has 0 bridgehead atoms. The summed E-state index contributed by atoms with van der Waals surface area (Å²) in [6.45, 7) is 0. The highest BCUT2D eigenvalue weighted by molar-refractivity contribution is 7.72. The maximum absolute atomic E-state index is 11.2. The van der Waals surface area contributed by atoms with Crippen LogP contribution in [0.15, 0.2) is 47.4 Å². The van der Waals surface area contributed by atoms with Crippen molar-refractivity contribution in [3.8, 4) is 16.9 Å². The molecule has 87 valence electrons. The monoisotopic (exact) mass is 247 g/mol. The van der Waals surface area contributed by atoms with E-state index in [1.54, 1.807) is 49.6 Å². The average molecular weight is 247 g/mol. The average Bonchev–Trinajstić information content (AvgIpc) is 2.38. The molecule has 0 saturated heterocycles. The second kappa shape index (κ2) is 5.01. The Morgan fingerprint density at radius 3 is 2.59 bits per heavy atom. The van der Waals surface area contributed by atoms with Crippen LogP contribution in [0.1, 0.15) is 0 Å². The SMILES string of the molecule is COc1c[c]ccc1-c1ccccc1[SH](=O)=O. The highest BCUT2D eigenvalue weighted by Crippen LogP contribution is 2.32. The van der Waals surface area contributed by atoms with Crippen LogP contribution in [0.4, 0.5) is 0 Å². The topological polar surface area (TPSA) is 43.4 Å². The molecule has 0 N–H and O–H groups in total. The van der Waals surface area contributed by atoms with Gasteiger partial charge in [-0.2, -0.15) is 0 Å². The van der Waals surface area contributed by atoms with Gasteiger partial charge in [-0.3, -0.25) is 0 Å². The molecule has 2 rings (SSSR count). The predicted molar refractivity (Wildman–Crippen MR) is 65.8 cm³/mol. The molecule has 0 aliphatic carbocycles. The van der Waals surface area contributed by atoms with Gasteiger partial charge in [-0.1, -0.05) is 24.3 Å². The Morgan fingerprint density at radius 1 is 1.12 bits per heavy atom. The molecule has 0 atom stereocenters. The molecule has 2 aromatic carbocycles. The fraction of sp³-hybridized carbons (Fsp3) is 0.0769. The highest BCUT2D eigenvalue weighted by atomic mass is 32.2. The number of benzene rings is 2. The predicted octanol–water partition coefficient (Wildman–Crippen LogP) is 2.13. The summed E-state index contributed by atoms with van der Waals surface area (Å²) < 4.78 is 27.6. The van der Waals surface area contributed by atoms with Crippen LogP contribution >= 0.6 is 0 Å². The van der Waals surface area contributed by atoms with Gasteiger partial charge >= 0.3 is 0 Å². The lowest BCUT2D eigenvalue weighted by molar-refractivity contribution is 0.416. The Balaban J connectivity index is 2.68. The zero-order chi connectivity index (χ0) is 12.3. The van der Waals surface area contributed by atoms with Gasteiger partial charge in [-0.15, -0.1) is 0 Å². The Labute approximate surface area is 102 Å². The highest BCUT2D eigenvalue weighted by Gasteiger charge is 2.10. The summed E-state index contributed by atoms with van der Waals surface area (Å²) in [6, 6.07) is 14.9. The van der Waals surface area contributed by atoms with Crippen molar-refractivity contribution >= 4 is 10.7 Å². The van der Waals surface area contributed by atoms with E-state index in [0.717, 1.165) is 5.56 Å². The quantitative estimate of drug-likeness (QED) is 0.845. The van der Waals surface area contributed by atoms with Crippen molar-refractivity contribution in [2.24, 2.45) is 0 Å². The second-order valence-electron chi connectivity index (χ2n) is 3.40. The van der Waals surface area contributed by atoms with Gasteiger partial charge in [-0.25, -0.2) is 8.42 Å². The summed E-state index contributed by atoms with van der Waals surface area (Å²) in [7, 11) is -1.08. The minimum Gasteiger partial charge on any atom is -0.496 e. The summed E-state index contributed by atoms with van der Waals surface area (Å²) in [5, 5.41) is 0. The first-order valence-corrected chi connectivity index (χ1v) is 6.19. The van der Waals surface area contributed by atoms with Gasteiger partial charge in [0.2, 0.25) is 0 Å². The molecule has 17 heavy (non-hydrogen) atoms. The van der Waals surface area contributed by atoms with Gasteiger partial charge in [0.1, 0.15) is 5.75 Å². The minimum atomic E-state index is -2.62. The van der Waals surface area contributed by atoms with E-state index in [2.05, 4.69) is 6.07 Å². The van der Waals surface area contributed by atoms with Crippen molar-refractivity contribution in [1.29, 1.82) is 0 Å². The van der Waals surface area contributed by atoms with Crippen LogP contribution in [0, 0.1) is 6.07 Å². The number of ether oxygens (including phenoxy) is 1. The zero-order valence-electron chi connectivity index (χ0n) is 9.21. The van der Waals surface area contributed by atoms with Crippen LogP contribution in [0.2, 0.25) is 0 Å². The van der Waals surface area contributed by atoms with E-state index in [4.69, 9.17) is 4.74 Å². The van der Waals surface area contributed by atoms with Gasteiger partial charge in [0, 0.05) is 11.1 Å². The molecule has 2 aromatic rings. The fourth-order valence-electron chi connectivity index (χ4n) is 1.67. The standard InChI is InChI=1S/C13H11O3S/c1-16-12-8-4-2-6-10(12)11-7-3-5-9-13(11)17(14)15/h2-3,5-9,17H,1H3. The van der Waals surface area contributed by atoms with Gasteiger partial charge in [-0.05, 0) is 24.3 Å². The minimum absolute atomic E-state index is 0.298. The zero-order valence-corrected chi connectivity index (χ0v) is 10.1. The molecule has 1 radical (unpaired) electrons. The van der Waals surface area contributed by atoms with Gasteiger partial charge in [0.25, 0.3) is 0 Å². The third kappa shape index (κ3) is 2.31. The van der Waals surface area contributed by atoms with E-state index in [1.165, 1.54) is 0 Å². The van der Waals surface area contributed by atoms with Crippen LogP contribution < -0.4 is 4.74 Å². The number of hydrogen-bond acceptors (Lipinski definition) is 3. The number of hydrogen-bond donors (Lipinski definition) is 1. The van der Waals surface area contributed by atoms with Crippen molar-refractivity contribution in [1.82, 2.24) is 0 Å². The Bertz CT molecular complexity index is 595. The van der Waals surface area contributed by atoms with Crippen molar-refractivity contribution in [3.63, 3.8) is 0 Å². The van der Waals surface area contributed by atoms with Crippen molar-refractivity contribution in [2.75, 3.05) is 7.11 Å². The van der Waals surface area contributed by atoms with E-state index in [0.29, 0.717) is 16.2 Å². The normalized spacial score (nSPS) is 10.5. The molecule has 0 saturated carbocycles. The molecule has 4 heteroatoms. The molecule has 0 fully saturated rings. The third-order valence-electron chi connectivity index (χ3n) is 2.44. The summed E-state index contributed by atoms with van der Waals surface area (Å²) in [5.41, 5.74) is 1.40. The summed E-state index contributed by atoms with van der Waals surface area (Å²) in [6.07, 6.45) is 0. The fourth-order valence-corrected chi connectivity index (χ4v) is 2.27. The molecule has 0 aliphatic rings. The second-order valence-corrected chi connectivity index (χ2v) is 4.40. The van der Waals surface area contributed by atoms with E-state index >= 15 is 0 Å². The molecule has 0 aliphatic heterocycles. The van der Waals surface area contributed by atoms with E-state index in [1.807, 2.05) is 0 Å². The van der Waals surface area contributed by atoms with E-state index in [9.17, 15) is 8.42 Å². The number of rotatable bonds is 3. The molecule has 0 heterocycles. The number of methoxy groups -OCH3 is 1. The van der Waals surface area contributed by atoms with Crippen molar-refractivity contribution in [3.05, 3.63) is 48.5 Å². The van der Waals surface area contributed by atoms with Crippen LogP contribution in [-0.2, 0) is 10.7 Å². The number of thiol groups is 1. The van der Waals surface area contributed by atoms with E-state index < -0.39 is 10.7 Å². The van der Waals surface area contributed by atoms with Gasteiger partial charge in [0.15, 0.2) is 10.7 Å². The van der Waals surface area contributed by atoms with Crippen LogP contribution in [-0.4, -0.2) is 15.5 Å². The first-order chi connectivity index (χ1) is 8.24. The first-order valence-electron chi connectivity index (χ1n) is 5.02. The van der Waals surface area contributed by atoms with E-state index in [-0.39, 0.29) is 0 Å². The molecular weight excluding hydrogens is 236 g/mol. The molecule has 0 unspecified atom stereocenters. The Kier molecular flexibility index (Phi) is 3.44. The first kappa shape index (κ1) is 11.7. The molecular formula is C13H11O3S. The molecule has 3 nitrogen and oxygen atoms in total. The maximum atomic E-state index is 11.2. The lowest BCUT2D eigenvalue weighted by Crippen LogP contribution is -1.91. The van der Waals surface area contributed by atoms with Gasteiger partial charge in [0.05, 0.1) is 12.0 Å². The summed E-state index contributed by atoms with van der Waals surface area (Å²) >= 11 is 0. The Hall–Kier alpha value is -1.81. The van der Waals surface area contributed by atoms with Crippen molar-refractivity contribution < 1.29 is 13.2 Å². The maximum Gasteiger partial charge on any atom is 0.168 e. The van der Waals surface area contributed by atoms with Crippen LogP contribution in [0.3, 0.4) is 0 Å². The molecule has 0 amide bonds. The van der Waals surface area contributed by atoms with Crippen molar-refractivity contribution in [2.45, 2.75) is 4.90 Å². The van der Waals surface area contributed by atoms with Gasteiger partial charge < -0.3 is 4.74 Å². The van der Waals surface area contributed by atoms with Crippen LogP contribution in [0.25, 0.3) is 11.1 Å². The lowest BCUT2D eigenvalue weighted by Gasteiger charge is -2.09. The molecule has 0 spiro atoms. The molecule has 0 aromatic heterocycles. The smallest absolute Gasteiger partial charge is 0.168 e. The largest absolute Gasteiger partial charge is 0.496 e. The third-order valence-corrected chi connectivity index (χ3v) is 3.22.